The molecule has 106 valence electrons. The Morgan fingerprint density at radius 2 is 2.05 bits per heavy atom. The molecular formula is C13H18Cl2N2O2. The van der Waals surface area contributed by atoms with Gasteiger partial charge in [0, 0.05) is 25.2 Å². The molecule has 1 aromatic carbocycles. The number of carbonyl (C=O) groups is 1. The number of likely N-dealkylation sites (tertiary alicyclic amines) is 1. The van der Waals surface area contributed by atoms with Gasteiger partial charge in [0.15, 0.2) is 0 Å². The second-order valence-corrected chi connectivity index (χ2v) is 4.69. The zero-order valence-corrected chi connectivity index (χ0v) is 12.2. The van der Waals surface area contributed by atoms with E-state index in [-0.39, 0.29) is 18.3 Å². The number of halogens is 2. The number of nitrogens with zero attached hydrogens (tertiary/aromatic N) is 1. The minimum Gasteiger partial charge on any atom is -0.491 e. The van der Waals surface area contributed by atoms with Gasteiger partial charge in [-0.15, -0.1) is 12.4 Å². The molecule has 0 aromatic heterocycles. The predicted octanol–water partition coefficient (Wildman–Crippen LogP) is 2.34. The minimum absolute atomic E-state index is 0. The number of hydrogen-bond acceptors (Lipinski definition) is 3. The molecule has 1 heterocycles. The molecule has 1 saturated heterocycles. The van der Waals surface area contributed by atoms with Gasteiger partial charge in [-0.3, -0.25) is 4.79 Å². The highest BCUT2D eigenvalue weighted by Gasteiger charge is 2.20. The Kier molecular flexibility index (Phi) is 6.42. The van der Waals surface area contributed by atoms with E-state index in [1.807, 2.05) is 4.90 Å². The van der Waals surface area contributed by atoms with Crippen LogP contribution in [0.15, 0.2) is 18.2 Å². The molecule has 1 fully saturated rings. The van der Waals surface area contributed by atoms with E-state index < -0.39 is 0 Å². The maximum atomic E-state index is 12.1. The van der Waals surface area contributed by atoms with Gasteiger partial charge in [0.2, 0.25) is 0 Å². The summed E-state index contributed by atoms with van der Waals surface area (Å²) in [5.41, 5.74) is 5.97. The van der Waals surface area contributed by atoms with E-state index in [1.165, 1.54) is 0 Å². The molecule has 19 heavy (non-hydrogen) atoms. The lowest BCUT2D eigenvalue weighted by atomic mass is 10.2. The zero-order chi connectivity index (χ0) is 13.0. The van der Waals surface area contributed by atoms with Crippen LogP contribution in [0.25, 0.3) is 0 Å². The van der Waals surface area contributed by atoms with Crippen molar-refractivity contribution in [1.82, 2.24) is 4.90 Å². The summed E-state index contributed by atoms with van der Waals surface area (Å²) in [6.45, 7) is 2.52. The van der Waals surface area contributed by atoms with Crippen LogP contribution in [0.2, 0.25) is 5.02 Å². The zero-order valence-electron chi connectivity index (χ0n) is 10.6. The highest BCUT2D eigenvalue weighted by atomic mass is 35.5. The fourth-order valence-electron chi connectivity index (χ4n) is 2.02. The molecule has 0 aliphatic carbocycles. The number of amides is 1. The first-order valence-electron chi connectivity index (χ1n) is 6.14. The minimum atomic E-state index is 0. The van der Waals surface area contributed by atoms with Crippen molar-refractivity contribution in [2.75, 3.05) is 26.2 Å². The van der Waals surface area contributed by atoms with Crippen LogP contribution in [0.3, 0.4) is 0 Å². The molecular weight excluding hydrogens is 287 g/mol. The van der Waals surface area contributed by atoms with E-state index in [9.17, 15) is 4.79 Å². The smallest absolute Gasteiger partial charge is 0.253 e. The van der Waals surface area contributed by atoms with Crippen LogP contribution in [0.4, 0.5) is 0 Å². The normalized spacial score (nSPS) is 14.1. The van der Waals surface area contributed by atoms with Gasteiger partial charge in [0.05, 0.1) is 5.02 Å². The van der Waals surface area contributed by atoms with Gasteiger partial charge >= 0.3 is 0 Å². The first-order valence-corrected chi connectivity index (χ1v) is 6.52. The molecule has 1 aromatic rings. The summed E-state index contributed by atoms with van der Waals surface area (Å²) in [6, 6.07) is 5.13. The molecule has 0 radical (unpaired) electrons. The molecule has 1 aliphatic rings. The van der Waals surface area contributed by atoms with Crippen molar-refractivity contribution in [3.05, 3.63) is 28.8 Å². The largest absolute Gasteiger partial charge is 0.491 e. The van der Waals surface area contributed by atoms with E-state index in [0.717, 1.165) is 25.9 Å². The molecule has 2 N–H and O–H groups in total. The Morgan fingerprint density at radius 3 is 2.63 bits per heavy atom. The fourth-order valence-corrected chi connectivity index (χ4v) is 2.26. The van der Waals surface area contributed by atoms with Crippen LogP contribution in [0.5, 0.6) is 5.75 Å². The highest BCUT2D eigenvalue weighted by Crippen LogP contribution is 2.26. The van der Waals surface area contributed by atoms with E-state index in [1.54, 1.807) is 18.2 Å². The number of rotatable bonds is 4. The third-order valence-electron chi connectivity index (χ3n) is 2.95. The highest BCUT2D eigenvalue weighted by molar-refractivity contribution is 6.32. The molecule has 1 aliphatic heterocycles. The van der Waals surface area contributed by atoms with E-state index >= 15 is 0 Å². The van der Waals surface area contributed by atoms with E-state index in [2.05, 4.69) is 0 Å². The summed E-state index contributed by atoms with van der Waals surface area (Å²) in [7, 11) is 0. The summed E-state index contributed by atoms with van der Waals surface area (Å²) in [5.74, 6) is 0.611. The average molecular weight is 305 g/mol. The van der Waals surface area contributed by atoms with Crippen molar-refractivity contribution < 1.29 is 9.53 Å². The van der Waals surface area contributed by atoms with Crippen molar-refractivity contribution >= 4 is 29.9 Å². The lowest BCUT2D eigenvalue weighted by molar-refractivity contribution is 0.0793. The Labute approximate surface area is 124 Å². The number of nitrogens with two attached hydrogens (primary N) is 1. The van der Waals surface area contributed by atoms with Crippen molar-refractivity contribution in [3.63, 3.8) is 0 Å². The fraction of sp³-hybridized carbons (Fsp3) is 0.462. The maximum Gasteiger partial charge on any atom is 0.253 e. The van der Waals surface area contributed by atoms with Crippen LogP contribution < -0.4 is 10.5 Å². The number of carbonyl (C=O) groups excluding carboxylic acids is 1. The molecule has 6 heteroatoms. The van der Waals surface area contributed by atoms with Crippen LogP contribution in [0, 0.1) is 0 Å². The van der Waals surface area contributed by atoms with Crippen molar-refractivity contribution in [1.29, 1.82) is 0 Å². The molecule has 4 nitrogen and oxygen atoms in total. The molecule has 0 atom stereocenters. The van der Waals surface area contributed by atoms with Gasteiger partial charge in [-0.1, -0.05) is 11.6 Å². The first-order chi connectivity index (χ1) is 8.72. The Hall–Kier alpha value is -0.970. The van der Waals surface area contributed by atoms with Crippen LogP contribution >= 0.6 is 24.0 Å². The summed E-state index contributed by atoms with van der Waals surface area (Å²) in [5, 5.41) is 0.452. The molecule has 2 rings (SSSR count). The monoisotopic (exact) mass is 304 g/mol. The summed E-state index contributed by atoms with van der Waals surface area (Å²) >= 11 is 6.08. The molecule has 0 saturated carbocycles. The summed E-state index contributed by atoms with van der Waals surface area (Å²) < 4.78 is 5.36. The van der Waals surface area contributed by atoms with E-state index in [4.69, 9.17) is 22.1 Å². The maximum absolute atomic E-state index is 12.1. The lowest BCUT2D eigenvalue weighted by Crippen LogP contribution is -2.27. The van der Waals surface area contributed by atoms with Gasteiger partial charge < -0.3 is 15.4 Å². The quantitative estimate of drug-likeness (QED) is 0.929. The molecule has 0 unspecified atom stereocenters. The topological polar surface area (TPSA) is 55.6 Å². The number of hydrogen-bond donors (Lipinski definition) is 1. The Balaban J connectivity index is 0.00000180. The van der Waals surface area contributed by atoms with Gasteiger partial charge in [-0.25, -0.2) is 0 Å². The Morgan fingerprint density at radius 1 is 1.37 bits per heavy atom. The van der Waals surface area contributed by atoms with Crippen LogP contribution in [-0.2, 0) is 0 Å². The average Bonchev–Trinajstić information content (AvgIpc) is 2.90. The van der Waals surface area contributed by atoms with E-state index in [0.29, 0.717) is 29.5 Å². The van der Waals surface area contributed by atoms with Crippen molar-refractivity contribution in [2.24, 2.45) is 5.73 Å². The standard InChI is InChI=1S/C13H17ClN2O2.ClH/c14-11-9-10(3-4-12(11)18-8-5-15)13(17)16-6-1-2-7-16;/h3-4,9H,1-2,5-8,15H2;1H. The van der Waals surface area contributed by atoms with Gasteiger partial charge in [-0.2, -0.15) is 0 Å². The van der Waals surface area contributed by atoms with Crippen molar-refractivity contribution in [2.45, 2.75) is 12.8 Å². The number of ether oxygens (including phenoxy) is 1. The predicted molar refractivity (Wildman–Crippen MR) is 78.4 cm³/mol. The number of benzene rings is 1. The van der Waals surface area contributed by atoms with Crippen LogP contribution in [-0.4, -0.2) is 37.0 Å². The molecule has 0 bridgehead atoms. The SMILES string of the molecule is Cl.NCCOc1ccc(C(=O)N2CCCC2)cc1Cl. The second kappa shape index (κ2) is 7.58. The lowest BCUT2D eigenvalue weighted by Gasteiger charge is -2.16. The van der Waals surface area contributed by atoms with Gasteiger partial charge in [0.1, 0.15) is 12.4 Å². The first kappa shape index (κ1) is 16.1. The molecule has 0 spiro atoms. The third-order valence-corrected chi connectivity index (χ3v) is 3.24. The summed E-state index contributed by atoms with van der Waals surface area (Å²) in [4.78, 5) is 14.0. The third kappa shape index (κ3) is 4.00. The Bertz CT molecular complexity index is 435. The second-order valence-electron chi connectivity index (χ2n) is 4.28. The van der Waals surface area contributed by atoms with Crippen molar-refractivity contribution in [3.8, 4) is 5.75 Å². The van der Waals surface area contributed by atoms with Gasteiger partial charge in [0.25, 0.3) is 5.91 Å². The molecule has 1 amide bonds. The van der Waals surface area contributed by atoms with Crippen LogP contribution in [0.1, 0.15) is 23.2 Å². The summed E-state index contributed by atoms with van der Waals surface area (Å²) in [6.07, 6.45) is 2.16. The van der Waals surface area contributed by atoms with Gasteiger partial charge in [-0.05, 0) is 31.0 Å².